The van der Waals surface area contributed by atoms with Crippen molar-refractivity contribution in [3.63, 3.8) is 0 Å². The Kier molecular flexibility index (Phi) is 1.15. The van der Waals surface area contributed by atoms with Crippen LogP contribution in [0.1, 0.15) is 5.56 Å². The van der Waals surface area contributed by atoms with Gasteiger partial charge in [0.05, 0.1) is 0 Å². The number of fused-ring (bicyclic) bond motifs is 3. The van der Waals surface area contributed by atoms with Crippen LogP contribution in [0.25, 0.3) is 11.4 Å². The highest BCUT2D eigenvalue weighted by atomic mass is 19.1. The van der Waals surface area contributed by atoms with E-state index in [2.05, 4.69) is 4.98 Å². The monoisotopic (exact) mass is 174 g/mol. The maximum absolute atomic E-state index is 12.9. The van der Waals surface area contributed by atoms with Gasteiger partial charge in [0.15, 0.2) is 0 Å². The molecular weight excluding hydrogens is 167 g/mol. The van der Waals surface area contributed by atoms with Crippen LogP contribution in [0.5, 0.6) is 0 Å². The van der Waals surface area contributed by atoms with Crippen molar-refractivity contribution in [1.82, 2.24) is 9.55 Å². The quantitative estimate of drug-likeness (QED) is 0.510. The van der Waals surface area contributed by atoms with Crippen molar-refractivity contribution >= 4 is 0 Å². The Hall–Kier alpha value is -1.64. The van der Waals surface area contributed by atoms with Crippen molar-refractivity contribution in [3.8, 4) is 11.4 Å². The number of imidazole rings is 1. The fourth-order valence-electron chi connectivity index (χ4n) is 1.78. The summed E-state index contributed by atoms with van der Waals surface area (Å²) in [7, 11) is 0. The highest BCUT2D eigenvalue weighted by Crippen LogP contribution is 2.30. The van der Waals surface area contributed by atoms with Crippen molar-refractivity contribution in [2.24, 2.45) is 0 Å². The first kappa shape index (κ1) is 6.83. The molecule has 0 fully saturated rings. The van der Waals surface area contributed by atoms with E-state index in [-0.39, 0.29) is 5.82 Å². The third kappa shape index (κ3) is 0.840. The zero-order chi connectivity index (χ0) is 8.84. The van der Waals surface area contributed by atoms with Crippen LogP contribution in [0.4, 0.5) is 4.39 Å². The molecule has 0 radical (unpaired) electrons. The van der Waals surface area contributed by atoms with Crippen molar-refractivity contribution in [2.75, 3.05) is 0 Å². The molecule has 1 aliphatic heterocycles. The molecule has 2 nitrogen and oxygen atoms in total. The molecule has 1 aromatic heterocycles. The first-order chi connectivity index (χ1) is 6.34. The third-order valence-corrected chi connectivity index (χ3v) is 2.36. The Morgan fingerprint density at radius 2 is 2.31 bits per heavy atom. The largest absolute Gasteiger partial charge is 0.327 e. The van der Waals surface area contributed by atoms with Crippen molar-refractivity contribution in [1.29, 1.82) is 0 Å². The molecule has 3 heteroatoms. The van der Waals surface area contributed by atoms with Gasteiger partial charge in [-0.2, -0.15) is 0 Å². The van der Waals surface area contributed by atoms with E-state index < -0.39 is 0 Å². The minimum absolute atomic E-state index is 0.176. The average Bonchev–Trinajstić information content (AvgIpc) is 2.62. The van der Waals surface area contributed by atoms with Gasteiger partial charge >= 0.3 is 0 Å². The molecule has 0 spiro atoms. The van der Waals surface area contributed by atoms with Crippen LogP contribution in [0.3, 0.4) is 0 Å². The Balaban J connectivity index is 2.29. The second-order valence-electron chi connectivity index (χ2n) is 3.18. The maximum atomic E-state index is 12.9. The predicted octanol–water partition coefficient (Wildman–Crippen LogP) is 2.05. The minimum atomic E-state index is -0.176. The van der Waals surface area contributed by atoms with Crippen LogP contribution >= 0.6 is 0 Å². The number of benzene rings is 1. The Labute approximate surface area is 74.7 Å². The summed E-state index contributed by atoms with van der Waals surface area (Å²) in [6.07, 6.45) is 3.68. The molecule has 1 aliphatic rings. The number of rotatable bonds is 0. The van der Waals surface area contributed by atoms with E-state index in [0.29, 0.717) is 0 Å². The number of halogens is 1. The highest BCUT2D eigenvalue weighted by molar-refractivity contribution is 5.64. The topological polar surface area (TPSA) is 17.8 Å². The second kappa shape index (κ2) is 2.19. The van der Waals surface area contributed by atoms with Crippen LogP contribution in [0.15, 0.2) is 30.6 Å². The molecule has 0 bridgehead atoms. The van der Waals surface area contributed by atoms with Gasteiger partial charge in [-0.15, -0.1) is 0 Å². The zero-order valence-electron chi connectivity index (χ0n) is 6.87. The lowest BCUT2D eigenvalue weighted by Crippen LogP contribution is -1.89. The van der Waals surface area contributed by atoms with Crippen LogP contribution in [0, 0.1) is 5.82 Å². The normalized spacial score (nSPS) is 12.7. The molecule has 1 aromatic carbocycles. The SMILES string of the molecule is Fc1ccc2c(c1)Cn1ccnc1-2. The summed E-state index contributed by atoms with van der Waals surface area (Å²) >= 11 is 0. The Bertz CT molecular complexity index is 474. The molecule has 0 atom stereocenters. The molecule has 64 valence electrons. The maximum Gasteiger partial charge on any atom is 0.140 e. The molecule has 0 amide bonds. The summed E-state index contributed by atoms with van der Waals surface area (Å²) in [6, 6.07) is 4.84. The molecule has 0 aliphatic carbocycles. The van der Waals surface area contributed by atoms with Crippen molar-refractivity contribution in [2.45, 2.75) is 6.54 Å². The Morgan fingerprint density at radius 1 is 1.38 bits per heavy atom. The molecule has 2 aromatic rings. The summed E-state index contributed by atoms with van der Waals surface area (Å²) in [4.78, 5) is 4.21. The van der Waals surface area contributed by atoms with E-state index >= 15 is 0 Å². The van der Waals surface area contributed by atoms with Crippen LogP contribution in [-0.2, 0) is 6.54 Å². The van der Waals surface area contributed by atoms with E-state index in [4.69, 9.17) is 0 Å². The summed E-state index contributed by atoms with van der Waals surface area (Å²) in [6.45, 7) is 0.739. The standard InChI is InChI=1S/C10H7FN2/c11-8-1-2-9-7(5-8)6-13-4-3-12-10(9)13/h1-5H,6H2. The van der Waals surface area contributed by atoms with Gasteiger partial charge in [-0.3, -0.25) is 0 Å². The molecule has 0 unspecified atom stereocenters. The predicted molar refractivity (Wildman–Crippen MR) is 46.7 cm³/mol. The van der Waals surface area contributed by atoms with Crippen molar-refractivity contribution in [3.05, 3.63) is 42.0 Å². The first-order valence-electron chi connectivity index (χ1n) is 4.14. The first-order valence-corrected chi connectivity index (χ1v) is 4.14. The molecule has 0 N–H and O–H groups in total. The van der Waals surface area contributed by atoms with Crippen LogP contribution in [-0.4, -0.2) is 9.55 Å². The van der Waals surface area contributed by atoms with Gasteiger partial charge in [-0.25, -0.2) is 9.37 Å². The van der Waals surface area contributed by atoms with E-state index in [0.717, 1.165) is 23.5 Å². The van der Waals surface area contributed by atoms with Gasteiger partial charge in [-0.05, 0) is 23.8 Å². The van der Waals surface area contributed by atoms with Gasteiger partial charge < -0.3 is 4.57 Å². The number of nitrogens with zero attached hydrogens (tertiary/aromatic N) is 2. The van der Waals surface area contributed by atoms with Gasteiger partial charge in [-0.1, -0.05) is 0 Å². The fourth-order valence-corrected chi connectivity index (χ4v) is 1.78. The molecule has 13 heavy (non-hydrogen) atoms. The summed E-state index contributed by atoms with van der Waals surface area (Å²) in [5.74, 6) is 0.763. The summed E-state index contributed by atoms with van der Waals surface area (Å²) in [5, 5.41) is 0. The smallest absolute Gasteiger partial charge is 0.140 e. The summed E-state index contributed by atoms with van der Waals surface area (Å²) in [5.41, 5.74) is 2.06. The fraction of sp³-hybridized carbons (Fsp3) is 0.100. The van der Waals surface area contributed by atoms with E-state index in [1.165, 1.54) is 6.07 Å². The van der Waals surface area contributed by atoms with Gasteiger partial charge in [0.2, 0.25) is 0 Å². The zero-order valence-corrected chi connectivity index (χ0v) is 6.87. The molecule has 3 rings (SSSR count). The molecular formula is C10H7FN2. The lowest BCUT2D eigenvalue weighted by molar-refractivity contribution is 0.625. The lowest BCUT2D eigenvalue weighted by Gasteiger charge is -1.95. The van der Waals surface area contributed by atoms with E-state index in [9.17, 15) is 4.39 Å². The number of aromatic nitrogens is 2. The minimum Gasteiger partial charge on any atom is -0.327 e. The number of hydrogen-bond acceptors (Lipinski definition) is 1. The average molecular weight is 174 g/mol. The van der Waals surface area contributed by atoms with Gasteiger partial charge in [0.25, 0.3) is 0 Å². The Morgan fingerprint density at radius 3 is 3.23 bits per heavy atom. The second-order valence-corrected chi connectivity index (χ2v) is 3.18. The molecule has 0 saturated carbocycles. The van der Waals surface area contributed by atoms with Crippen LogP contribution < -0.4 is 0 Å². The molecule has 2 heterocycles. The van der Waals surface area contributed by atoms with Crippen LogP contribution in [0.2, 0.25) is 0 Å². The molecule has 0 saturated heterocycles. The number of hydrogen-bond donors (Lipinski definition) is 0. The highest BCUT2D eigenvalue weighted by Gasteiger charge is 2.18. The third-order valence-electron chi connectivity index (χ3n) is 2.36. The van der Waals surface area contributed by atoms with E-state index in [1.54, 1.807) is 18.3 Å². The van der Waals surface area contributed by atoms with Gasteiger partial charge in [0, 0.05) is 24.5 Å². The lowest BCUT2D eigenvalue weighted by atomic mass is 10.1. The van der Waals surface area contributed by atoms with E-state index in [1.807, 2.05) is 10.8 Å². The summed E-state index contributed by atoms with van der Waals surface area (Å²) < 4.78 is 14.9. The van der Waals surface area contributed by atoms with Crippen molar-refractivity contribution < 1.29 is 4.39 Å². The van der Waals surface area contributed by atoms with Gasteiger partial charge in [0.1, 0.15) is 11.6 Å².